The van der Waals surface area contributed by atoms with E-state index in [1.807, 2.05) is 7.05 Å². The van der Waals surface area contributed by atoms with Gasteiger partial charge in [-0.05, 0) is 49.9 Å². The Morgan fingerprint density at radius 2 is 1.94 bits per heavy atom. The second-order valence-electron chi connectivity index (χ2n) is 5.85. The summed E-state index contributed by atoms with van der Waals surface area (Å²) in [5, 5.41) is 7.03. The first kappa shape index (κ1) is 14.2. The smallest absolute Gasteiger partial charge is 0.191 e. The Balaban J connectivity index is 0.00000120. The van der Waals surface area contributed by atoms with Crippen molar-refractivity contribution >= 4 is 29.9 Å². The Morgan fingerprint density at radius 1 is 1.28 bits per heavy atom. The molecule has 0 aromatic rings. The first-order chi connectivity index (χ1) is 8.32. The maximum atomic E-state index is 4.33. The van der Waals surface area contributed by atoms with Gasteiger partial charge in [0.15, 0.2) is 5.96 Å². The number of aliphatic imine (C=N–C) groups is 1. The van der Waals surface area contributed by atoms with Crippen LogP contribution in [0.15, 0.2) is 17.1 Å². The van der Waals surface area contributed by atoms with Crippen molar-refractivity contribution in [2.24, 2.45) is 16.3 Å². The van der Waals surface area contributed by atoms with Crippen molar-refractivity contribution in [1.29, 1.82) is 0 Å². The molecule has 4 heteroatoms. The lowest BCUT2D eigenvalue weighted by Crippen LogP contribution is -2.44. The summed E-state index contributed by atoms with van der Waals surface area (Å²) < 4.78 is 0. The van der Waals surface area contributed by atoms with Gasteiger partial charge in [0.1, 0.15) is 0 Å². The third kappa shape index (κ3) is 3.19. The number of hydrogen-bond acceptors (Lipinski definition) is 1. The number of hydrogen-bond donors (Lipinski definition) is 2. The van der Waals surface area contributed by atoms with Crippen LogP contribution in [-0.2, 0) is 0 Å². The molecule has 0 unspecified atom stereocenters. The molecule has 0 heterocycles. The van der Waals surface area contributed by atoms with Crippen LogP contribution in [-0.4, -0.2) is 25.6 Å². The summed E-state index contributed by atoms with van der Waals surface area (Å²) in [6, 6.07) is 0.553. The van der Waals surface area contributed by atoms with E-state index in [2.05, 4.69) is 27.8 Å². The zero-order valence-electron chi connectivity index (χ0n) is 11.1. The standard InChI is InChI=1S/C14H23N3.HI/c1-15-13(17-12-4-2-3-5-12)16-10-14(8-9-14)11-6-7-11;/h2-3,11-12H,4-10H2,1H3,(H2,15,16,17);1H. The third-order valence-electron chi connectivity index (χ3n) is 4.52. The van der Waals surface area contributed by atoms with E-state index in [0.717, 1.165) is 31.3 Å². The van der Waals surface area contributed by atoms with E-state index in [0.29, 0.717) is 11.5 Å². The Morgan fingerprint density at radius 3 is 2.44 bits per heavy atom. The van der Waals surface area contributed by atoms with Gasteiger partial charge in [0.05, 0.1) is 0 Å². The predicted octanol–water partition coefficient (Wildman–Crippen LogP) is 2.68. The van der Waals surface area contributed by atoms with Gasteiger partial charge in [0.25, 0.3) is 0 Å². The molecular weight excluding hydrogens is 337 g/mol. The van der Waals surface area contributed by atoms with Crippen LogP contribution < -0.4 is 10.6 Å². The first-order valence-electron chi connectivity index (χ1n) is 6.95. The van der Waals surface area contributed by atoms with Crippen LogP contribution in [0, 0.1) is 11.3 Å². The molecule has 18 heavy (non-hydrogen) atoms. The van der Waals surface area contributed by atoms with Gasteiger partial charge in [-0.25, -0.2) is 0 Å². The highest BCUT2D eigenvalue weighted by Gasteiger charge is 2.53. The fourth-order valence-electron chi connectivity index (χ4n) is 2.97. The van der Waals surface area contributed by atoms with Gasteiger partial charge in [0, 0.05) is 19.6 Å². The highest BCUT2D eigenvalue weighted by atomic mass is 127. The van der Waals surface area contributed by atoms with Gasteiger partial charge in [-0.15, -0.1) is 24.0 Å². The lowest BCUT2D eigenvalue weighted by Gasteiger charge is -2.20. The molecule has 2 saturated carbocycles. The summed E-state index contributed by atoms with van der Waals surface area (Å²) in [4.78, 5) is 4.33. The minimum atomic E-state index is 0. The van der Waals surface area contributed by atoms with E-state index in [1.54, 1.807) is 0 Å². The molecule has 0 amide bonds. The van der Waals surface area contributed by atoms with E-state index in [1.165, 1.54) is 25.7 Å². The van der Waals surface area contributed by atoms with Crippen molar-refractivity contribution < 1.29 is 0 Å². The summed E-state index contributed by atoms with van der Waals surface area (Å²) in [6.45, 7) is 1.12. The lowest BCUT2D eigenvalue weighted by molar-refractivity contribution is 0.429. The molecule has 3 nitrogen and oxygen atoms in total. The van der Waals surface area contributed by atoms with Gasteiger partial charge in [-0.2, -0.15) is 0 Å². The highest BCUT2D eigenvalue weighted by molar-refractivity contribution is 14.0. The van der Waals surface area contributed by atoms with Crippen LogP contribution in [0.5, 0.6) is 0 Å². The molecule has 2 fully saturated rings. The molecule has 3 aliphatic carbocycles. The van der Waals surface area contributed by atoms with E-state index in [-0.39, 0.29) is 24.0 Å². The topological polar surface area (TPSA) is 36.4 Å². The number of nitrogens with one attached hydrogen (secondary N) is 2. The minimum absolute atomic E-state index is 0. The van der Waals surface area contributed by atoms with Crippen LogP contribution in [0.1, 0.15) is 38.5 Å². The lowest BCUT2D eigenvalue weighted by atomic mass is 10.0. The molecule has 0 aromatic carbocycles. The maximum Gasteiger partial charge on any atom is 0.191 e. The molecule has 2 N–H and O–H groups in total. The SMILES string of the molecule is CN=C(NCC1(C2CC2)CC1)NC1CC=CC1.I. The van der Waals surface area contributed by atoms with Crippen LogP contribution in [0.2, 0.25) is 0 Å². The summed E-state index contributed by atoms with van der Waals surface area (Å²) in [6.07, 6.45) is 12.5. The summed E-state index contributed by atoms with van der Waals surface area (Å²) in [5.74, 6) is 2.01. The second kappa shape index (κ2) is 5.80. The molecule has 0 aromatic heterocycles. The number of guanidine groups is 1. The normalized spacial score (nSPS) is 25.7. The number of rotatable bonds is 4. The van der Waals surface area contributed by atoms with E-state index in [9.17, 15) is 0 Å². The maximum absolute atomic E-state index is 4.33. The van der Waals surface area contributed by atoms with Crippen molar-refractivity contribution in [3.63, 3.8) is 0 Å². The van der Waals surface area contributed by atoms with Gasteiger partial charge >= 0.3 is 0 Å². The van der Waals surface area contributed by atoms with Crippen LogP contribution in [0.3, 0.4) is 0 Å². The van der Waals surface area contributed by atoms with Crippen molar-refractivity contribution in [1.82, 2.24) is 10.6 Å². The van der Waals surface area contributed by atoms with Crippen LogP contribution >= 0.6 is 24.0 Å². The third-order valence-corrected chi connectivity index (χ3v) is 4.52. The van der Waals surface area contributed by atoms with E-state index >= 15 is 0 Å². The van der Waals surface area contributed by atoms with Gasteiger partial charge < -0.3 is 10.6 Å². The monoisotopic (exact) mass is 361 g/mol. The van der Waals surface area contributed by atoms with Crippen LogP contribution in [0.4, 0.5) is 0 Å². The molecule has 0 bridgehead atoms. The Hall–Kier alpha value is -0.260. The highest BCUT2D eigenvalue weighted by Crippen LogP contribution is 2.60. The van der Waals surface area contributed by atoms with Crippen molar-refractivity contribution in [3.8, 4) is 0 Å². The zero-order valence-corrected chi connectivity index (χ0v) is 13.4. The van der Waals surface area contributed by atoms with E-state index in [4.69, 9.17) is 0 Å². The Kier molecular flexibility index (Phi) is 4.56. The van der Waals surface area contributed by atoms with Gasteiger partial charge in [-0.3, -0.25) is 4.99 Å². The molecule has 102 valence electrons. The predicted molar refractivity (Wildman–Crippen MR) is 86.5 cm³/mol. The summed E-state index contributed by atoms with van der Waals surface area (Å²) in [7, 11) is 1.87. The molecule has 3 rings (SSSR count). The fourth-order valence-corrected chi connectivity index (χ4v) is 2.97. The molecule has 0 radical (unpaired) electrons. The number of nitrogens with zero attached hydrogens (tertiary/aromatic N) is 1. The molecule has 0 atom stereocenters. The summed E-state index contributed by atoms with van der Waals surface area (Å²) in [5.41, 5.74) is 0.644. The average molecular weight is 361 g/mol. The Bertz CT molecular complexity index is 335. The molecule has 3 aliphatic rings. The van der Waals surface area contributed by atoms with Crippen molar-refractivity contribution in [2.75, 3.05) is 13.6 Å². The molecule has 0 spiro atoms. The largest absolute Gasteiger partial charge is 0.356 e. The van der Waals surface area contributed by atoms with Gasteiger partial charge in [-0.1, -0.05) is 12.2 Å². The second-order valence-corrected chi connectivity index (χ2v) is 5.85. The quantitative estimate of drug-likeness (QED) is 0.350. The number of halogens is 1. The summed E-state index contributed by atoms with van der Waals surface area (Å²) >= 11 is 0. The fraction of sp³-hybridized carbons (Fsp3) is 0.786. The average Bonchev–Trinajstić information content (AvgIpc) is 3.24. The van der Waals surface area contributed by atoms with Crippen molar-refractivity contribution in [2.45, 2.75) is 44.6 Å². The van der Waals surface area contributed by atoms with Crippen molar-refractivity contribution in [3.05, 3.63) is 12.2 Å². The molecule has 0 saturated heterocycles. The minimum Gasteiger partial charge on any atom is -0.356 e. The molecule has 0 aliphatic heterocycles. The van der Waals surface area contributed by atoms with Crippen LogP contribution in [0.25, 0.3) is 0 Å². The first-order valence-corrected chi connectivity index (χ1v) is 6.95. The van der Waals surface area contributed by atoms with Gasteiger partial charge in [0.2, 0.25) is 0 Å². The Labute approximate surface area is 127 Å². The van der Waals surface area contributed by atoms with E-state index < -0.39 is 0 Å². The zero-order chi connectivity index (χ0) is 11.7. The molecular formula is C14H24IN3.